The van der Waals surface area contributed by atoms with Crippen molar-refractivity contribution in [3.8, 4) is 11.3 Å². The Morgan fingerprint density at radius 2 is 1.67 bits per heavy atom. The molecule has 0 bridgehead atoms. The Morgan fingerprint density at radius 1 is 0.905 bits per heavy atom. The van der Waals surface area contributed by atoms with E-state index in [0.29, 0.717) is 0 Å². The van der Waals surface area contributed by atoms with Gasteiger partial charge < -0.3 is 5.32 Å². The van der Waals surface area contributed by atoms with E-state index in [1.807, 2.05) is 25.1 Å². The number of pyridine rings is 1. The van der Waals surface area contributed by atoms with Crippen molar-refractivity contribution in [2.45, 2.75) is 20.8 Å². The minimum Gasteiger partial charge on any atom is -0.316 e. The van der Waals surface area contributed by atoms with Crippen molar-refractivity contribution in [2.75, 3.05) is 5.32 Å². The van der Waals surface area contributed by atoms with Gasteiger partial charge in [-0.15, -0.1) is 11.3 Å². The summed E-state index contributed by atoms with van der Waals surface area (Å²) in [4.78, 5) is 10.4. The third-order valence-electron chi connectivity index (χ3n) is 3.24. The molecule has 1 aromatic carbocycles. The summed E-state index contributed by atoms with van der Waals surface area (Å²) in [5.41, 5.74) is 4.44. The SMILES string of the molecule is Cc1ccc(-c2nc(Nc3cccc(C)n3)sc2C)cc1. The van der Waals surface area contributed by atoms with Gasteiger partial charge in [0.2, 0.25) is 0 Å². The number of nitrogens with one attached hydrogen (secondary N) is 1. The second-order valence-corrected chi connectivity index (χ2v) is 6.28. The normalized spacial score (nSPS) is 10.6. The first-order valence-corrected chi connectivity index (χ1v) is 7.68. The zero-order valence-corrected chi connectivity index (χ0v) is 13.2. The molecule has 2 heterocycles. The van der Waals surface area contributed by atoms with Crippen LogP contribution in [0.25, 0.3) is 11.3 Å². The molecule has 0 unspecified atom stereocenters. The summed E-state index contributed by atoms with van der Waals surface area (Å²) in [6.45, 7) is 6.17. The van der Waals surface area contributed by atoms with Crippen LogP contribution in [0, 0.1) is 20.8 Å². The number of anilines is 2. The minimum atomic E-state index is 0.833. The lowest BCUT2D eigenvalue weighted by Gasteiger charge is -2.02. The zero-order chi connectivity index (χ0) is 14.8. The van der Waals surface area contributed by atoms with E-state index in [1.54, 1.807) is 11.3 Å². The highest BCUT2D eigenvalue weighted by Crippen LogP contribution is 2.31. The first-order chi connectivity index (χ1) is 10.1. The van der Waals surface area contributed by atoms with Crippen molar-refractivity contribution >= 4 is 22.3 Å². The van der Waals surface area contributed by atoms with Crippen LogP contribution in [0.2, 0.25) is 0 Å². The topological polar surface area (TPSA) is 37.8 Å². The number of aromatic nitrogens is 2. The van der Waals surface area contributed by atoms with Crippen molar-refractivity contribution in [3.05, 3.63) is 58.6 Å². The van der Waals surface area contributed by atoms with Gasteiger partial charge in [-0.1, -0.05) is 35.9 Å². The van der Waals surface area contributed by atoms with Crippen LogP contribution in [-0.4, -0.2) is 9.97 Å². The van der Waals surface area contributed by atoms with E-state index in [1.165, 1.54) is 10.4 Å². The Kier molecular flexibility index (Phi) is 3.71. The number of rotatable bonds is 3. The minimum absolute atomic E-state index is 0.833. The van der Waals surface area contributed by atoms with E-state index < -0.39 is 0 Å². The predicted molar refractivity (Wildman–Crippen MR) is 89.3 cm³/mol. The van der Waals surface area contributed by atoms with Crippen LogP contribution in [0.3, 0.4) is 0 Å². The van der Waals surface area contributed by atoms with Crippen LogP contribution in [0.4, 0.5) is 10.9 Å². The number of nitrogens with zero attached hydrogens (tertiary/aromatic N) is 2. The van der Waals surface area contributed by atoms with Gasteiger partial charge in [0.15, 0.2) is 5.13 Å². The highest BCUT2D eigenvalue weighted by atomic mass is 32.1. The van der Waals surface area contributed by atoms with Gasteiger partial charge in [0, 0.05) is 16.1 Å². The van der Waals surface area contributed by atoms with Gasteiger partial charge in [-0.25, -0.2) is 9.97 Å². The Labute approximate surface area is 128 Å². The lowest BCUT2D eigenvalue weighted by atomic mass is 10.1. The molecule has 3 aromatic rings. The molecule has 0 spiro atoms. The van der Waals surface area contributed by atoms with Crippen LogP contribution in [0.5, 0.6) is 0 Å². The molecule has 4 heteroatoms. The molecule has 3 nitrogen and oxygen atoms in total. The van der Waals surface area contributed by atoms with E-state index in [2.05, 4.69) is 48.4 Å². The first-order valence-electron chi connectivity index (χ1n) is 6.87. The van der Waals surface area contributed by atoms with Crippen molar-refractivity contribution in [3.63, 3.8) is 0 Å². The standard InChI is InChI=1S/C17H17N3S/c1-11-7-9-14(10-8-11)16-13(3)21-17(20-16)19-15-6-4-5-12(2)18-15/h4-10H,1-3H3,(H,18,19,20). The van der Waals surface area contributed by atoms with Crippen LogP contribution < -0.4 is 5.32 Å². The molecule has 0 atom stereocenters. The van der Waals surface area contributed by atoms with Gasteiger partial charge in [0.25, 0.3) is 0 Å². The molecule has 1 N–H and O–H groups in total. The largest absolute Gasteiger partial charge is 0.316 e. The molecule has 0 aliphatic rings. The molecule has 2 aromatic heterocycles. The Hall–Kier alpha value is -2.20. The van der Waals surface area contributed by atoms with Crippen molar-refractivity contribution in [2.24, 2.45) is 0 Å². The lowest BCUT2D eigenvalue weighted by Crippen LogP contribution is -1.93. The molecule has 0 saturated heterocycles. The molecule has 106 valence electrons. The van der Waals surface area contributed by atoms with Gasteiger partial charge in [0.05, 0.1) is 5.69 Å². The fourth-order valence-corrected chi connectivity index (χ4v) is 2.99. The maximum Gasteiger partial charge on any atom is 0.189 e. The smallest absolute Gasteiger partial charge is 0.189 e. The molecule has 0 radical (unpaired) electrons. The quantitative estimate of drug-likeness (QED) is 0.748. The highest BCUT2D eigenvalue weighted by molar-refractivity contribution is 7.16. The van der Waals surface area contributed by atoms with Crippen molar-refractivity contribution < 1.29 is 0 Å². The fraction of sp³-hybridized carbons (Fsp3) is 0.176. The van der Waals surface area contributed by atoms with Crippen molar-refractivity contribution in [1.82, 2.24) is 9.97 Å². The average molecular weight is 295 g/mol. The lowest BCUT2D eigenvalue weighted by molar-refractivity contribution is 1.19. The number of aryl methyl sites for hydroxylation is 3. The number of benzene rings is 1. The zero-order valence-electron chi connectivity index (χ0n) is 12.3. The maximum atomic E-state index is 4.70. The van der Waals surface area contributed by atoms with E-state index in [9.17, 15) is 0 Å². The van der Waals surface area contributed by atoms with Crippen molar-refractivity contribution in [1.29, 1.82) is 0 Å². The predicted octanol–water partition coefficient (Wildman–Crippen LogP) is 4.87. The summed E-state index contributed by atoms with van der Waals surface area (Å²) >= 11 is 1.65. The Morgan fingerprint density at radius 3 is 2.38 bits per heavy atom. The monoisotopic (exact) mass is 295 g/mol. The molecule has 0 aliphatic heterocycles. The molecular formula is C17H17N3S. The molecule has 0 saturated carbocycles. The molecule has 0 amide bonds. The van der Waals surface area contributed by atoms with E-state index in [-0.39, 0.29) is 0 Å². The third kappa shape index (κ3) is 3.11. The summed E-state index contributed by atoms with van der Waals surface area (Å²) in [5.74, 6) is 0.833. The maximum absolute atomic E-state index is 4.70. The Bertz CT molecular complexity index is 760. The van der Waals surface area contributed by atoms with E-state index in [4.69, 9.17) is 4.98 Å². The van der Waals surface area contributed by atoms with Gasteiger partial charge >= 0.3 is 0 Å². The first kappa shape index (κ1) is 13.8. The van der Waals surface area contributed by atoms with Gasteiger partial charge in [-0.3, -0.25) is 0 Å². The number of hydrogen-bond acceptors (Lipinski definition) is 4. The van der Waals surface area contributed by atoms with E-state index in [0.717, 1.165) is 27.9 Å². The van der Waals surface area contributed by atoms with Gasteiger partial charge in [-0.2, -0.15) is 0 Å². The van der Waals surface area contributed by atoms with Crippen LogP contribution in [-0.2, 0) is 0 Å². The summed E-state index contributed by atoms with van der Waals surface area (Å²) in [7, 11) is 0. The number of hydrogen-bond donors (Lipinski definition) is 1. The van der Waals surface area contributed by atoms with Crippen LogP contribution in [0.1, 0.15) is 16.1 Å². The van der Waals surface area contributed by atoms with Crippen LogP contribution in [0.15, 0.2) is 42.5 Å². The summed E-state index contributed by atoms with van der Waals surface area (Å²) in [5, 5.41) is 4.16. The highest BCUT2D eigenvalue weighted by Gasteiger charge is 2.10. The fourth-order valence-electron chi connectivity index (χ4n) is 2.15. The number of thiazole rings is 1. The molecular weight excluding hydrogens is 278 g/mol. The second kappa shape index (κ2) is 5.66. The molecule has 3 rings (SSSR count). The van der Waals surface area contributed by atoms with E-state index >= 15 is 0 Å². The second-order valence-electron chi connectivity index (χ2n) is 5.08. The molecule has 0 aliphatic carbocycles. The average Bonchev–Trinajstić information content (AvgIpc) is 2.80. The Balaban J connectivity index is 1.89. The summed E-state index contributed by atoms with van der Waals surface area (Å²) in [6, 6.07) is 14.4. The van der Waals surface area contributed by atoms with Gasteiger partial charge in [0.1, 0.15) is 5.82 Å². The molecule has 0 fully saturated rings. The summed E-state index contributed by atoms with van der Waals surface area (Å²) in [6.07, 6.45) is 0. The third-order valence-corrected chi connectivity index (χ3v) is 4.13. The van der Waals surface area contributed by atoms with Crippen LogP contribution >= 0.6 is 11.3 Å². The molecule has 21 heavy (non-hydrogen) atoms. The van der Waals surface area contributed by atoms with Gasteiger partial charge in [-0.05, 0) is 32.9 Å². The summed E-state index contributed by atoms with van der Waals surface area (Å²) < 4.78 is 0.